The Kier molecular flexibility index (Phi) is 20.4. The maximum atomic E-state index is 4.63. The van der Waals surface area contributed by atoms with Crippen LogP contribution in [-0.4, -0.2) is 38.9 Å². The van der Waals surface area contributed by atoms with Crippen LogP contribution in [0.25, 0.3) is 0 Å². The molecule has 0 aromatic rings. The average Bonchev–Trinajstić information content (AvgIpc) is 2.61. The first-order valence-corrected chi connectivity index (χ1v) is 15.8. The van der Waals surface area contributed by atoms with Crippen molar-refractivity contribution in [3.8, 4) is 0 Å². The van der Waals surface area contributed by atoms with Crippen molar-refractivity contribution in [2.24, 2.45) is 0 Å². The average molecular weight is 417 g/mol. The normalized spacial score (nSPS) is 12.0. The summed E-state index contributed by atoms with van der Waals surface area (Å²) in [5.74, 6) is 0. The lowest BCUT2D eigenvalue weighted by Crippen LogP contribution is -2.12. The largest absolute Gasteiger partial charge is 0.691 e. The molecule has 0 atom stereocenters. The molecule has 148 valence electrons. The van der Waals surface area contributed by atoms with Gasteiger partial charge in [0.2, 0.25) is 0 Å². The van der Waals surface area contributed by atoms with E-state index in [4.69, 9.17) is 0 Å². The number of hydrogen-bond donors (Lipinski definition) is 0. The molecule has 0 amide bonds. The van der Waals surface area contributed by atoms with Gasteiger partial charge in [0.25, 0.3) is 0 Å². The summed E-state index contributed by atoms with van der Waals surface area (Å²) in [7, 11) is 2.35. The minimum Gasteiger partial charge on any atom is -0.691 e. The van der Waals surface area contributed by atoms with Crippen molar-refractivity contribution in [3.63, 3.8) is 0 Å². The third-order valence-corrected chi connectivity index (χ3v) is 12.1. The molecule has 0 spiro atoms. The standard InChI is InChI=1S/C16H36P.C2H7O2PS2/c1-5-9-13-17(14-10-6-2,15-11-7-3)16-12-8-4;1-3-5(6,7)4-2/h5-16H2,1-4H3;1-2H3,(H,6,7)/q+1;/p-1. The van der Waals surface area contributed by atoms with E-state index in [1.54, 1.807) is 24.6 Å². The Morgan fingerprint density at radius 2 is 0.958 bits per heavy atom. The fraction of sp³-hybridized carbons (Fsp3) is 1.00. The van der Waals surface area contributed by atoms with E-state index in [1.165, 1.54) is 65.6 Å². The molecule has 0 aromatic heterocycles. The van der Waals surface area contributed by atoms with Crippen LogP contribution in [0.4, 0.5) is 0 Å². The molecule has 0 saturated carbocycles. The highest BCUT2D eigenvalue weighted by molar-refractivity contribution is 8.51. The summed E-state index contributed by atoms with van der Waals surface area (Å²) in [6.45, 7) is 9.42. The second-order valence-electron chi connectivity index (χ2n) is 6.46. The molecular weight excluding hydrogens is 374 g/mol. The van der Waals surface area contributed by atoms with Crippen LogP contribution in [0.2, 0.25) is 0 Å². The third kappa shape index (κ3) is 15.6. The smallest absolute Gasteiger partial charge is 0.0594 e. The molecule has 0 unspecified atom stereocenters. The lowest BCUT2D eigenvalue weighted by molar-refractivity contribution is 0.354. The van der Waals surface area contributed by atoms with Gasteiger partial charge in [0, 0.05) is 21.5 Å². The van der Waals surface area contributed by atoms with Gasteiger partial charge in [0.05, 0.1) is 30.3 Å². The lowest BCUT2D eigenvalue weighted by Gasteiger charge is -2.28. The van der Waals surface area contributed by atoms with Gasteiger partial charge in [0.15, 0.2) is 0 Å². The Bertz CT molecular complexity index is 270. The summed E-state index contributed by atoms with van der Waals surface area (Å²) < 4.78 is 9.21. The molecule has 0 radical (unpaired) electrons. The van der Waals surface area contributed by atoms with E-state index in [-0.39, 0.29) is 0 Å². The Labute approximate surface area is 163 Å². The van der Waals surface area contributed by atoms with E-state index in [2.05, 4.69) is 60.8 Å². The summed E-state index contributed by atoms with van der Waals surface area (Å²) in [6, 6.07) is 0. The minimum atomic E-state index is -2.24. The third-order valence-electron chi connectivity index (χ3n) is 4.39. The first-order chi connectivity index (χ1) is 11.4. The van der Waals surface area contributed by atoms with Gasteiger partial charge in [-0.05, 0) is 25.7 Å². The number of rotatable bonds is 14. The van der Waals surface area contributed by atoms with Crippen LogP contribution in [0, 0.1) is 0 Å². The summed E-state index contributed by atoms with van der Waals surface area (Å²) in [5, 5.41) is 0. The Hall–Kier alpha value is 1.35. The van der Waals surface area contributed by atoms with Crippen molar-refractivity contribution in [2.45, 2.75) is 79.1 Å². The topological polar surface area (TPSA) is 18.5 Å². The van der Waals surface area contributed by atoms with Gasteiger partial charge < -0.3 is 21.3 Å². The predicted octanol–water partition coefficient (Wildman–Crippen LogP) is 7.26. The summed E-state index contributed by atoms with van der Waals surface area (Å²) in [5.41, 5.74) is -2.24. The summed E-state index contributed by atoms with van der Waals surface area (Å²) >= 11 is 9.25. The summed E-state index contributed by atoms with van der Waals surface area (Å²) in [4.78, 5) is 0. The van der Waals surface area contributed by atoms with Crippen molar-refractivity contribution < 1.29 is 9.05 Å². The molecule has 0 aliphatic carbocycles. The van der Waals surface area contributed by atoms with Crippen LogP contribution in [-0.2, 0) is 33.1 Å². The molecule has 0 N–H and O–H groups in total. The quantitative estimate of drug-likeness (QED) is 0.219. The van der Waals surface area contributed by atoms with Crippen LogP contribution < -0.4 is 0 Å². The maximum Gasteiger partial charge on any atom is 0.0594 e. The number of hydrogen-bond acceptors (Lipinski definition) is 4. The Morgan fingerprint density at radius 1 is 0.708 bits per heavy atom. The van der Waals surface area contributed by atoms with Crippen LogP contribution in [0.15, 0.2) is 0 Å². The molecule has 0 aliphatic rings. The second-order valence-corrected chi connectivity index (χ2v) is 16.1. The van der Waals surface area contributed by atoms with E-state index >= 15 is 0 Å². The van der Waals surface area contributed by atoms with Crippen LogP contribution in [0.5, 0.6) is 0 Å². The van der Waals surface area contributed by atoms with Crippen molar-refractivity contribution in [1.82, 2.24) is 0 Å². The van der Waals surface area contributed by atoms with Crippen molar-refractivity contribution >= 4 is 37.0 Å². The van der Waals surface area contributed by atoms with E-state index < -0.39 is 13.0 Å². The SMILES string of the molecule is CCCC[P+](CCCC)(CCCC)CCCC.COP(=S)([S-])OC. The van der Waals surface area contributed by atoms with Crippen molar-refractivity contribution in [2.75, 3.05) is 38.9 Å². The molecule has 24 heavy (non-hydrogen) atoms. The molecule has 0 aromatic carbocycles. The molecule has 0 bridgehead atoms. The highest BCUT2D eigenvalue weighted by Gasteiger charge is 2.34. The van der Waals surface area contributed by atoms with Gasteiger partial charge in [-0.15, -0.1) is 0 Å². The van der Waals surface area contributed by atoms with Gasteiger partial charge in [-0.25, -0.2) is 0 Å². The van der Waals surface area contributed by atoms with E-state index in [0.29, 0.717) is 0 Å². The minimum absolute atomic E-state index is 0.562. The van der Waals surface area contributed by atoms with Crippen molar-refractivity contribution in [1.29, 1.82) is 0 Å². The molecule has 0 aliphatic heterocycles. The molecule has 0 saturated heterocycles. The summed E-state index contributed by atoms with van der Waals surface area (Å²) in [6.07, 6.45) is 17.9. The molecule has 0 fully saturated rings. The maximum absolute atomic E-state index is 4.63. The number of unbranched alkanes of at least 4 members (excludes halogenated alkanes) is 4. The molecule has 0 heterocycles. The highest BCUT2D eigenvalue weighted by atomic mass is 32.9. The van der Waals surface area contributed by atoms with Gasteiger partial charge in [-0.2, -0.15) is 0 Å². The zero-order valence-corrected chi connectivity index (χ0v) is 20.4. The molecule has 6 heteroatoms. The van der Waals surface area contributed by atoms with E-state index in [1.807, 2.05) is 0 Å². The molecule has 2 nitrogen and oxygen atoms in total. The van der Waals surface area contributed by atoms with Crippen LogP contribution >= 0.6 is 13.0 Å². The Morgan fingerprint density at radius 3 is 1.08 bits per heavy atom. The zero-order valence-electron chi connectivity index (χ0n) is 17.0. The van der Waals surface area contributed by atoms with Gasteiger partial charge in [-0.3, -0.25) is 0 Å². The van der Waals surface area contributed by atoms with Gasteiger partial charge >= 0.3 is 0 Å². The predicted molar refractivity (Wildman–Crippen MR) is 122 cm³/mol. The van der Waals surface area contributed by atoms with Gasteiger partial charge in [-0.1, -0.05) is 65.2 Å². The van der Waals surface area contributed by atoms with Crippen molar-refractivity contribution in [3.05, 3.63) is 0 Å². The zero-order chi connectivity index (χ0) is 18.9. The van der Waals surface area contributed by atoms with Crippen LogP contribution in [0.3, 0.4) is 0 Å². The fourth-order valence-corrected chi connectivity index (χ4v) is 8.16. The molecule has 0 rings (SSSR count). The first-order valence-electron chi connectivity index (χ1n) is 9.64. The second kappa shape index (κ2) is 17.7. The first kappa shape index (κ1) is 27.6. The van der Waals surface area contributed by atoms with Crippen LogP contribution in [0.1, 0.15) is 79.1 Å². The Balaban J connectivity index is 0. The molecular formula is C18H42O2P2S2. The van der Waals surface area contributed by atoms with Gasteiger partial charge in [0.1, 0.15) is 0 Å². The monoisotopic (exact) mass is 416 g/mol. The highest BCUT2D eigenvalue weighted by Crippen LogP contribution is 2.61. The fourth-order valence-electron chi connectivity index (χ4n) is 2.72. The van der Waals surface area contributed by atoms with E-state index in [9.17, 15) is 0 Å². The van der Waals surface area contributed by atoms with E-state index in [0.717, 1.165) is 0 Å². The lowest BCUT2D eigenvalue weighted by atomic mass is 10.4.